The molecule has 1 unspecified atom stereocenters. The molecule has 1 atom stereocenters. The lowest BCUT2D eigenvalue weighted by Gasteiger charge is -2.13. The second kappa shape index (κ2) is 5.37. The van der Waals surface area contributed by atoms with E-state index in [1.807, 2.05) is 23.9 Å². The Morgan fingerprint density at radius 3 is 2.93 bits per heavy atom. The maximum atomic E-state index is 5.89. The summed E-state index contributed by atoms with van der Waals surface area (Å²) in [5, 5.41) is 4.44. The molecule has 0 bridgehead atoms. The van der Waals surface area contributed by atoms with E-state index in [-0.39, 0.29) is 0 Å². The molecule has 0 amide bonds. The van der Waals surface area contributed by atoms with Crippen molar-refractivity contribution in [3.05, 3.63) is 23.2 Å². The summed E-state index contributed by atoms with van der Waals surface area (Å²) < 4.78 is 0. The Labute approximate surface area is 94.2 Å². The third-order valence-electron chi connectivity index (χ3n) is 2.04. The van der Waals surface area contributed by atoms with Crippen molar-refractivity contribution in [3.63, 3.8) is 0 Å². The molecule has 0 fully saturated rings. The molecule has 0 radical (unpaired) electrons. The predicted octanol–water partition coefficient (Wildman–Crippen LogP) is 3.09. The molecule has 0 saturated carbocycles. The third-order valence-corrected chi connectivity index (χ3v) is 3.34. The van der Waals surface area contributed by atoms with E-state index in [9.17, 15) is 0 Å². The second-order valence-corrected chi connectivity index (χ2v) is 4.81. The molecule has 3 N–H and O–H groups in total. The Morgan fingerprint density at radius 2 is 2.29 bits per heavy atom. The lowest BCUT2D eigenvalue weighted by molar-refractivity contribution is 1.00. The highest BCUT2D eigenvalue weighted by atomic mass is 35.5. The summed E-state index contributed by atoms with van der Waals surface area (Å²) in [5.74, 6) is 0. The highest BCUT2D eigenvalue weighted by molar-refractivity contribution is 7.99. The van der Waals surface area contributed by atoms with Crippen LogP contribution in [0, 0.1) is 0 Å². The van der Waals surface area contributed by atoms with Gasteiger partial charge in [0.1, 0.15) is 0 Å². The van der Waals surface area contributed by atoms with Gasteiger partial charge in [-0.1, -0.05) is 24.6 Å². The van der Waals surface area contributed by atoms with Gasteiger partial charge >= 0.3 is 0 Å². The normalized spacial score (nSPS) is 12.5. The van der Waals surface area contributed by atoms with E-state index in [2.05, 4.69) is 18.5 Å². The van der Waals surface area contributed by atoms with E-state index in [1.54, 1.807) is 6.07 Å². The van der Waals surface area contributed by atoms with E-state index in [0.717, 1.165) is 12.2 Å². The van der Waals surface area contributed by atoms with Crippen molar-refractivity contribution in [2.45, 2.75) is 12.2 Å². The lowest BCUT2D eigenvalue weighted by Crippen LogP contribution is -2.13. The van der Waals surface area contributed by atoms with Gasteiger partial charge in [0.05, 0.1) is 16.4 Å². The van der Waals surface area contributed by atoms with Gasteiger partial charge in [-0.25, -0.2) is 0 Å². The standard InChI is InChI=1S/C10H15ClN2S/c1-7(14-2)6-13-9-5-3-4-8(11)10(9)12/h3-5,7,13H,6,12H2,1-2H3. The maximum absolute atomic E-state index is 5.89. The van der Waals surface area contributed by atoms with Crippen LogP contribution in [-0.4, -0.2) is 18.1 Å². The summed E-state index contributed by atoms with van der Waals surface area (Å²) in [6.07, 6.45) is 2.09. The molecule has 0 saturated heterocycles. The summed E-state index contributed by atoms with van der Waals surface area (Å²) in [6, 6.07) is 5.62. The van der Waals surface area contributed by atoms with Gasteiger partial charge in [0, 0.05) is 11.8 Å². The molecule has 0 aromatic heterocycles. The minimum Gasteiger partial charge on any atom is -0.396 e. The molecule has 1 aromatic carbocycles. The van der Waals surface area contributed by atoms with Crippen LogP contribution in [0.25, 0.3) is 0 Å². The van der Waals surface area contributed by atoms with Crippen LogP contribution >= 0.6 is 23.4 Å². The Bertz CT molecular complexity index is 304. The minimum absolute atomic E-state index is 0.563. The summed E-state index contributed by atoms with van der Waals surface area (Å²) in [4.78, 5) is 0. The molecule has 78 valence electrons. The van der Waals surface area contributed by atoms with Crippen molar-refractivity contribution < 1.29 is 0 Å². The zero-order valence-electron chi connectivity index (χ0n) is 8.38. The average molecular weight is 231 g/mol. The second-order valence-electron chi connectivity index (χ2n) is 3.13. The van der Waals surface area contributed by atoms with Crippen molar-refractivity contribution in [2.75, 3.05) is 23.9 Å². The molecular formula is C10H15ClN2S. The Kier molecular flexibility index (Phi) is 4.42. The van der Waals surface area contributed by atoms with Crippen molar-refractivity contribution in [1.29, 1.82) is 0 Å². The van der Waals surface area contributed by atoms with Gasteiger partial charge in [0.2, 0.25) is 0 Å². The van der Waals surface area contributed by atoms with E-state index in [0.29, 0.717) is 16.0 Å². The number of halogens is 1. The molecule has 0 aliphatic carbocycles. The highest BCUT2D eigenvalue weighted by Crippen LogP contribution is 2.26. The first-order valence-corrected chi connectivity index (χ1v) is 6.12. The van der Waals surface area contributed by atoms with Gasteiger partial charge in [-0.05, 0) is 18.4 Å². The molecule has 14 heavy (non-hydrogen) atoms. The summed E-state index contributed by atoms with van der Waals surface area (Å²) in [7, 11) is 0. The number of para-hydroxylation sites is 1. The zero-order valence-corrected chi connectivity index (χ0v) is 9.95. The third kappa shape index (κ3) is 3.00. The Morgan fingerprint density at radius 1 is 1.57 bits per heavy atom. The summed E-state index contributed by atoms with van der Waals surface area (Å²) in [6.45, 7) is 3.06. The van der Waals surface area contributed by atoms with Gasteiger partial charge in [0.25, 0.3) is 0 Å². The molecule has 1 aromatic rings. The number of thioether (sulfide) groups is 1. The number of nitrogen functional groups attached to an aromatic ring is 1. The summed E-state index contributed by atoms with van der Waals surface area (Å²) >= 11 is 7.71. The van der Waals surface area contributed by atoms with Crippen molar-refractivity contribution in [2.24, 2.45) is 0 Å². The van der Waals surface area contributed by atoms with Gasteiger partial charge in [0.15, 0.2) is 0 Å². The lowest BCUT2D eigenvalue weighted by atomic mass is 10.2. The van der Waals surface area contributed by atoms with Crippen LogP contribution < -0.4 is 11.1 Å². The fourth-order valence-corrected chi connectivity index (χ4v) is 1.45. The largest absolute Gasteiger partial charge is 0.396 e. The predicted molar refractivity (Wildman–Crippen MR) is 67.3 cm³/mol. The van der Waals surface area contributed by atoms with E-state index >= 15 is 0 Å². The van der Waals surface area contributed by atoms with Crippen LogP contribution in [-0.2, 0) is 0 Å². The number of anilines is 2. The van der Waals surface area contributed by atoms with Gasteiger partial charge in [-0.2, -0.15) is 11.8 Å². The van der Waals surface area contributed by atoms with E-state index < -0.39 is 0 Å². The van der Waals surface area contributed by atoms with Crippen LogP contribution in [0.5, 0.6) is 0 Å². The maximum Gasteiger partial charge on any atom is 0.0739 e. The van der Waals surface area contributed by atoms with Crippen LogP contribution in [0.3, 0.4) is 0 Å². The quantitative estimate of drug-likeness (QED) is 0.781. The van der Waals surface area contributed by atoms with Crippen molar-refractivity contribution >= 4 is 34.7 Å². The Balaban J connectivity index is 2.63. The summed E-state index contributed by atoms with van der Waals surface area (Å²) in [5.41, 5.74) is 7.35. The van der Waals surface area contributed by atoms with Gasteiger partial charge < -0.3 is 11.1 Å². The number of hydrogen-bond donors (Lipinski definition) is 2. The molecule has 1 rings (SSSR count). The van der Waals surface area contributed by atoms with Crippen LogP contribution in [0.4, 0.5) is 11.4 Å². The molecule has 0 aliphatic rings. The smallest absolute Gasteiger partial charge is 0.0739 e. The number of benzene rings is 1. The number of hydrogen-bond acceptors (Lipinski definition) is 3. The number of nitrogens with two attached hydrogens (primary N) is 1. The Hall–Kier alpha value is -0.540. The van der Waals surface area contributed by atoms with Gasteiger partial charge in [-0.3, -0.25) is 0 Å². The minimum atomic E-state index is 0.563. The molecule has 0 heterocycles. The first-order chi connectivity index (χ1) is 6.65. The zero-order chi connectivity index (χ0) is 10.6. The van der Waals surface area contributed by atoms with Crippen LogP contribution in [0.15, 0.2) is 18.2 Å². The van der Waals surface area contributed by atoms with Crippen LogP contribution in [0.2, 0.25) is 5.02 Å². The monoisotopic (exact) mass is 230 g/mol. The number of nitrogens with one attached hydrogen (secondary N) is 1. The van der Waals surface area contributed by atoms with E-state index in [4.69, 9.17) is 17.3 Å². The highest BCUT2D eigenvalue weighted by Gasteiger charge is 2.03. The topological polar surface area (TPSA) is 38.0 Å². The molecule has 0 aliphatic heterocycles. The fraction of sp³-hybridized carbons (Fsp3) is 0.400. The molecule has 0 spiro atoms. The van der Waals surface area contributed by atoms with Crippen LogP contribution in [0.1, 0.15) is 6.92 Å². The average Bonchev–Trinajstić information content (AvgIpc) is 2.20. The van der Waals surface area contributed by atoms with Crippen molar-refractivity contribution in [3.8, 4) is 0 Å². The van der Waals surface area contributed by atoms with Gasteiger partial charge in [-0.15, -0.1) is 0 Å². The molecule has 4 heteroatoms. The number of rotatable bonds is 4. The SMILES string of the molecule is CSC(C)CNc1cccc(Cl)c1N. The molecular weight excluding hydrogens is 216 g/mol. The fourth-order valence-electron chi connectivity index (χ4n) is 1.03. The molecule has 2 nitrogen and oxygen atoms in total. The van der Waals surface area contributed by atoms with Crippen molar-refractivity contribution in [1.82, 2.24) is 0 Å². The van der Waals surface area contributed by atoms with E-state index in [1.165, 1.54) is 0 Å². The first kappa shape index (κ1) is 11.5. The first-order valence-electron chi connectivity index (χ1n) is 4.45.